The molecule has 0 fully saturated rings. The predicted molar refractivity (Wildman–Crippen MR) is 113 cm³/mol. The normalized spacial score (nSPS) is 22.5. The first-order chi connectivity index (χ1) is 14.6. The van der Waals surface area contributed by atoms with E-state index in [0.717, 1.165) is 11.1 Å². The van der Waals surface area contributed by atoms with Crippen molar-refractivity contribution in [3.05, 3.63) is 83.4 Å². The van der Waals surface area contributed by atoms with E-state index < -0.39 is 5.97 Å². The van der Waals surface area contributed by atoms with E-state index in [4.69, 9.17) is 10.1 Å². The number of hydrogen-bond donors (Lipinski definition) is 2. The summed E-state index contributed by atoms with van der Waals surface area (Å²) in [6.45, 7) is 1.82. The first-order valence-corrected chi connectivity index (χ1v) is 10.0. The highest BCUT2D eigenvalue weighted by atomic mass is 16.7. The molecule has 3 rings (SSSR count). The van der Waals surface area contributed by atoms with Gasteiger partial charge < -0.3 is 10.2 Å². The molecule has 0 radical (unpaired) electrons. The van der Waals surface area contributed by atoms with Gasteiger partial charge in [-0.1, -0.05) is 61.5 Å². The molecule has 1 aliphatic rings. The quantitative estimate of drug-likeness (QED) is 0.601. The molecule has 154 valence electrons. The molecule has 2 aromatic carbocycles. The Bertz CT molecular complexity index is 950. The lowest BCUT2D eigenvalue weighted by molar-refractivity contribution is -0.123. The summed E-state index contributed by atoms with van der Waals surface area (Å²) in [5.41, 5.74) is 5.33. The number of hydroxylamine groups is 1. The minimum absolute atomic E-state index is 0.108. The smallest absolute Gasteiger partial charge is 0.356 e. The molecule has 0 spiro atoms. The average Bonchev–Trinajstić information content (AvgIpc) is 2.76. The molecule has 0 saturated heterocycles. The van der Waals surface area contributed by atoms with Crippen molar-refractivity contribution in [2.24, 2.45) is 5.92 Å². The summed E-state index contributed by atoms with van der Waals surface area (Å²) in [5.74, 6) is -0.886. The molecule has 3 atom stereocenters. The van der Waals surface area contributed by atoms with Gasteiger partial charge in [0.25, 0.3) is 0 Å². The zero-order valence-corrected chi connectivity index (χ0v) is 16.9. The average molecular weight is 403 g/mol. The highest BCUT2D eigenvalue weighted by Gasteiger charge is 2.20. The number of benzene rings is 2. The third-order valence-corrected chi connectivity index (χ3v) is 5.03. The first-order valence-electron chi connectivity index (χ1n) is 10.0. The van der Waals surface area contributed by atoms with Crippen LogP contribution in [0.15, 0.2) is 66.7 Å². The van der Waals surface area contributed by atoms with E-state index in [0.29, 0.717) is 18.4 Å². The van der Waals surface area contributed by atoms with E-state index in [1.54, 1.807) is 24.3 Å². The van der Waals surface area contributed by atoms with Crippen LogP contribution >= 0.6 is 0 Å². The maximum absolute atomic E-state index is 12.4. The Morgan fingerprint density at radius 2 is 2.03 bits per heavy atom. The number of carbonyl (C=O) groups is 2. The maximum Gasteiger partial charge on any atom is 0.356 e. The summed E-state index contributed by atoms with van der Waals surface area (Å²) < 4.78 is 0. The summed E-state index contributed by atoms with van der Waals surface area (Å²) in [4.78, 5) is 30.1. The highest BCUT2D eigenvalue weighted by molar-refractivity contribution is 5.89. The monoisotopic (exact) mass is 403 g/mol. The molecule has 0 aliphatic carbocycles. The molecule has 0 aromatic heterocycles. The minimum atomic E-state index is -0.455. The fraction of sp³-hybridized carbons (Fsp3) is 0.292. The number of hydrogen-bond acceptors (Lipinski definition) is 5. The van der Waals surface area contributed by atoms with Crippen molar-refractivity contribution < 1.29 is 14.4 Å². The molecule has 1 aliphatic heterocycles. The van der Waals surface area contributed by atoms with Crippen LogP contribution in [0, 0.1) is 17.2 Å². The topological polar surface area (TPSA) is 91.2 Å². The van der Waals surface area contributed by atoms with Crippen molar-refractivity contribution in [2.75, 3.05) is 0 Å². The molecule has 1 amide bonds. The molecule has 0 unspecified atom stereocenters. The Morgan fingerprint density at radius 3 is 2.80 bits per heavy atom. The van der Waals surface area contributed by atoms with E-state index in [1.807, 2.05) is 49.4 Å². The van der Waals surface area contributed by atoms with Crippen LogP contribution in [0.1, 0.15) is 47.3 Å². The molecule has 2 N–H and O–H groups in total. The second-order valence-corrected chi connectivity index (χ2v) is 7.40. The molecule has 2 aromatic rings. The predicted octanol–water partition coefficient (Wildman–Crippen LogP) is 3.63. The number of rotatable bonds is 4. The van der Waals surface area contributed by atoms with E-state index in [-0.39, 0.29) is 30.3 Å². The number of nitriles is 1. The summed E-state index contributed by atoms with van der Waals surface area (Å²) in [7, 11) is 0. The SMILES string of the molecule is C[C@@H]1/C=C/C[C@H](NOC(=O)c2ccccc2)c2cccc(c2)C[C@H](CC#N)NC1=O. The third-order valence-electron chi connectivity index (χ3n) is 5.03. The minimum Gasteiger partial charge on any atom is -0.366 e. The van der Waals surface area contributed by atoms with Gasteiger partial charge in [0.2, 0.25) is 5.91 Å². The Hall–Kier alpha value is -3.43. The number of nitrogens with one attached hydrogen (secondary N) is 2. The van der Waals surface area contributed by atoms with Crippen LogP contribution in [-0.4, -0.2) is 17.9 Å². The molecular formula is C24H25N3O3. The lowest BCUT2D eigenvalue weighted by Crippen LogP contribution is -2.39. The summed E-state index contributed by atoms with van der Waals surface area (Å²) in [6, 6.07) is 18.3. The van der Waals surface area contributed by atoms with Gasteiger partial charge in [0.1, 0.15) is 0 Å². The van der Waals surface area contributed by atoms with E-state index in [2.05, 4.69) is 16.9 Å². The highest BCUT2D eigenvalue weighted by Crippen LogP contribution is 2.21. The van der Waals surface area contributed by atoms with Crippen molar-refractivity contribution in [1.29, 1.82) is 5.26 Å². The second kappa shape index (κ2) is 10.4. The Balaban J connectivity index is 1.82. The van der Waals surface area contributed by atoms with E-state index >= 15 is 0 Å². The maximum atomic E-state index is 12.4. The number of fused-ring (bicyclic) bond motifs is 2. The van der Waals surface area contributed by atoms with Gasteiger partial charge in [-0.3, -0.25) is 4.79 Å². The molecular weight excluding hydrogens is 378 g/mol. The molecule has 2 bridgehead atoms. The van der Waals surface area contributed by atoms with Gasteiger partial charge in [-0.25, -0.2) is 4.79 Å². The van der Waals surface area contributed by atoms with Gasteiger partial charge in [-0.05, 0) is 36.1 Å². The Morgan fingerprint density at radius 1 is 1.23 bits per heavy atom. The molecule has 0 saturated carbocycles. The first kappa shape index (κ1) is 21.3. The standard InChI is InChI=1S/C24H25N3O3/c1-17-7-5-12-22(27-30-24(29)19-9-3-2-4-10-19)20-11-6-8-18(15-20)16-21(13-14-25)26-23(17)28/h2-11,15,17,21-22,27H,12-13,16H2,1H3,(H,26,28)/b7-5+/t17-,21+,22+/m1/s1. The molecule has 6 heteroatoms. The van der Waals surface area contributed by atoms with Gasteiger partial charge >= 0.3 is 5.97 Å². The summed E-state index contributed by atoms with van der Waals surface area (Å²) in [5, 5.41) is 12.1. The fourth-order valence-electron chi connectivity index (χ4n) is 3.35. The number of amides is 1. The summed E-state index contributed by atoms with van der Waals surface area (Å²) in [6.07, 6.45) is 5.08. The largest absolute Gasteiger partial charge is 0.366 e. The van der Waals surface area contributed by atoms with Crippen molar-refractivity contribution >= 4 is 11.9 Å². The van der Waals surface area contributed by atoms with Crippen molar-refractivity contribution in [3.8, 4) is 6.07 Å². The lowest BCUT2D eigenvalue weighted by Gasteiger charge is -2.22. The molecule has 6 nitrogen and oxygen atoms in total. The van der Waals surface area contributed by atoms with Gasteiger partial charge in [-0.15, -0.1) is 5.48 Å². The molecule has 30 heavy (non-hydrogen) atoms. The van der Waals surface area contributed by atoms with Gasteiger partial charge in [-0.2, -0.15) is 5.26 Å². The summed E-state index contributed by atoms with van der Waals surface area (Å²) >= 11 is 0. The van der Waals surface area contributed by atoms with E-state index in [1.165, 1.54) is 0 Å². The van der Waals surface area contributed by atoms with Crippen LogP contribution in [0.2, 0.25) is 0 Å². The third kappa shape index (κ3) is 5.79. The van der Waals surface area contributed by atoms with Crippen molar-refractivity contribution in [3.63, 3.8) is 0 Å². The van der Waals surface area contributed by atoms with Crippen molar-refractivity contribution in [1.82, 2.24) is 10.8 Å². The number of nitrogens with zero attached hydrogens (tertiary/aromatic N) is 1. The fourth-order valence-corrected chi connectivity index (χ4v) is 3.35. The van der Waals surface area contributed by atoms with Crippen LogP contribution in [0.25, 0.3) is 0 Å². The van der Waals surface area contributed by atoms with Crippen molar-refractivity contribution in [2.45, 2.75) is 38.3 Å². The number of carbonyl (C=O) groups excluding carboxylic acids is 2. The van der Waals surface area contributed by atoms with E-state index in [9.17, 15) is 9.59 Å². The van der Waals surface area contributed by atoms with Crippen LogP contribution in [0.4, 0.5) is 0 Å². The lowest BCUT2D eigenvalue weighted by atomic mass is 9.96. The van der Waals surface area contributed by atoms with Crippen LogP contribution < -0.4 is 10.8 Å². The zero-order chi connectivity index (χ0) is 21.3. The van der Waals surface area contributed by atoms with Crippen LogP contribution in [0.3, 0.4) is 0 Å². The second-order valence-electron chi connectivity index (χ2n) is 7.40. The van der Waals surface area contributed by atoms with Crippen LogP contribution in [0.5, 0.6) is 0 Å². The van der Waals surface area contributed by atoms with Gasteiger partial charge in [0.15, 0.2) is 0 Å². The Kier molecular flexibility index (Phi) is 7.36. The Labute approximate surface area is 176 Å². The van der Waals surface area contributed by atoms with Crippen LogP contribution in [-0.2, 0) is 16.1 Å². The zero-order valence-electron chi connectivity index (χ0n) is 16.9. The van der Waals surface area contributed by atoms with Gasteiger partial charge in [0.05, 0.1) is 30.0 Å². The molecule has 1 heterocycles. The van der Waals surface area contributed by atoms with Gasteiger partial charge in [0, 0.05) is 6.04 Å².